The number of ether oxygens (including phenoxy) is 1. The Morgan fingerprint density at radius 3 is 2.22 bits per heavy atom. The van der Waals surface area contributed by atoms with Crippen molar-refractivity contribution in [1.82, 2.24) is 5.48 Å². The molecule has 32 heavy (non-hydrogen) atoms. The third kappa shape index (κ3) is 5.15. The third-order valence-electron chi connectivity index (χ3n) is 5.63. The van der Waals surface area contributed by atoms with Crippen LogP contribution in [0.1, 0.15) is 47.1 Å². The average Bonchev–Trinajstić information content (AvgIpc) is 3.22. The number of aliphatic carboxylic acids is 1. The van der Waals surface area contributed by atoms with Gasteiger partial charge in [0.1, 0.15) is 11.9 Å². The van der Waals surface area contributed by atoms with Crippen LogP contribution in [0.3, 0.4) is 0 Å². The summed E-state index contributed by atoms with van der Waals surface area (Å²) in [6.07, 6.45) is 1.43. The van der Waals surface area contributed by atoms with Gasteiger partial charge in [-0.25, -0.2) is 10.3 Å². The molecule has 1 aliphatic rings. The fourth-order valence-corrected chi connectivity index (χ4v) is 4.17. The van der Waals surface area contributed by atoms with Crippen LogP contribution in [-0.4, -0.2) is 23.6 Å². The third-order valence-corrected chi connectivity index (χ3v) is 5.63. The summed E-state index contributed by atoms with van der Waals surface area (Å²) in [6.45, 7) is -0.379. The number of hydrogen-bond donors (Lipinski definition) is 2. The zero-order chi connectivity index (χ0) is 22.3. The Labute approximate surface area is 186 Å². The largest absolute Gasteiger partial charge is 0.482 e. The number of hydrogen-bond acceptors (Lipinski definition) is 4. The molecule has 4 rings (SSSR count). The summed E-state index contributed by atoms with van der Waals surface area (Å²) in [6, 6.07) is 25.1. The number of amides is 1. The minimum Gasteiger partial charge on any atom is -0.482 e. The first-order valence-corrected chi connectivity index (χ1v) is 10.6. The van der Waals surface area contributed by atoms with Crippen LogP contribution in [0.5, 0.6) is 5.75 Å². The van der Waals surface area contributed by atoms with E-state index in [1.165, 1.54) is 0 Å². The van der Waals surface area contributed by atoms with Crippen molar-refractivity contribution in [3.63, 3.8) is 0 Å². The molecule has 6 heteroatoms. The van der Waals surface area contributed by atoms with Crippen molar-refractivity contribution in [2.24, 2.45) is 0 Å². The summed E-state index contributed by atoms with van der Waals surface area (Å²) in [5.41, 5.74) is 6.56. The van der Waals surface area contributed by atoms with Gasteiger partial charge in [0.05, 0.1) is 0 Å². The van der Waals surface area contributed by atoms with Gasteiger partial charge < -0.3 is 9.84 Å². The highest BCUT2D eigenvalue weighted by Crippen LogP contribution is 2.40. The van der Waals surface area contributed by atoms with Crippen molar-refractivity contribution < 1.29 is 24.3 Å². The van der Waals surface area contributed by atoms with Gasteiger partial charge in [0.2, 0.25) is 5.91 Å². The van der Waals surface area contributed by atoms with Gasteiger partial charge in [0.15, 0.2) is 6.61 Å². The lowest BCUT2D eigenvalue weighted by molar-refractivity contribution is -0.139. The molecule has 0 fully saturated rings. The van der Waals surface area contributed by atoms with Crippen LogP contribution in [0.2, 0.25) is 0 Å². The number of fused-ring (bicyclic) bond motifs is 1. The summed E-state index contributed by atoms with van der Waals surface area (Å²) >= 11 is 0. The highest BCUT2D eigenvalue weighted by Gasteiger charge is 2.28. The number of rotatable bonds is 9. The number of carbonyl (C=O) groups is 2. The molecule has 6 nitrogen and oxygen atoms in total. The average molecular weight is 431 g/mol. The van der Waals surface area contributed by atoms with Crippen LogP contribution in [0, 0.1) is 0 Å². The second kappa shape index (κ2) is 10.1. The van der Waals surface area contributed by atoms with Crippen LogP contribution in [-0.2, 0) is 20.8 Å². The molecule has 1 amide bonds. The normalized spacial score (nSPS) is 14.7. The zero-order valence-corrected chi connectivity index (χ0v) is 17.6. The SMILES string of the molecule is O=C(O)COc1cccc2c1CCC2CC(=O)NOC(c1ccccc1)c1ccccc1. The van der Waals surface area contributed by atoms with Gasteiger partial charge in [-0.05, 0) is 47.1 Å². The van der Waals surface area contributed by atoms with Gasteiger partial charge in [-0.15, -0.1) is 0 Å². The molecule has 3 aromatic rings. The fraction of sp³-hybridized carbons (Fsp3) is 0.231. The van der Waals surface area contributed by atoms with E-state index in [9.17, 15) is 9.59 Å². The standard InChI is InChI=1S/C26H25NO5/c28-24(16-20-14-15-22-21(20)12-7-13-23(22)31-17-25(29)30)27-32-26(18-8-3-1-4-9-18)19-10-5-2-6-11-19/h1-13,20,26H,14-17H2,(H,27,28)(H,29,30). The van der Waals surface area contributed by atoms with E-state index < -0.39 is 12.1 Å². The molecule has 3 aromatic carbocycles. The van der Waals surface area contributed by atoms with Crippen molar-refractivity contribution in [2.45, 2.75) is 31.3 Å². The molecule has 0 saturated carbocycles. The Morgan fingerprint density at radius 2 is 1.59 bits per heavy atom. The van der Waals surface area contributed by atoms with Crippen LogP contribution in [0.25, 0.3) is 0 Å². The maximum absolute atomic E-state index is 12.7. The molecule has 0 radical (unpaired) electrons. The van der Waals surface area contributed by atoms with Gasteiger partial charge >= 0.3 is 5.97 Å². The Kier molecular flexibility index (Phi) is 6.82. The van der Waals surface area contributed by atoms with Gasteiger partial charge in [-0.1, -0.05) is 72.8 Å². The topological polar surface area (TPSA) is 84.9 Å². The lowest BCUT2D eigenvalue weighted by atomic mass is 9.97. The van der Waals surface area contributed by atoms with Crippen molar-refractivity contribution >= 4 is 11.9 Å². The number of nitrogens with one attached hydrogen (secondary N) is 1. The van der Waals surface area contributed by atoms with E-state index in [2.05, 4.69) is 5.48 Å². The molecule has 2 N–H and O–H groups in total. The summed E-state index contributed by atoms with van der Waals surface area (Å²) in [7, 11) is 0. The van der Waals surface area contributed by atoms with Crippen molar-refractivity contribution in [2.75, 3.05) is 6.61 Å². The lowest BCUT2D eigenvalue weighted by Gasteiger charge is -2.19. The van der Waals surface area contributed by atoms with Crippen LogP contribution < -0.4 is 10.2 Å². The predicted octanol–water partition coefficient (Wildman–Crippen LogP) is 4.41. The lowest BCUT2D eigenvalue weighted by Crippen LogP contribution is -2.27. The van der Waals surface area contributed by atoms with E-state index in [-0.39, 0.29) is 24.9 Å². The maximum Gasteiger partial charge on any atom is 0.341 e. The van der Waals surface area contributed by atoms with Crippen LogP contribution >= 0.6 is 0 Å². The number of carboxylic acid groups (broad SMARTS) is 1. The van der Waals surface area contributed by atoms with E-state index in [4.69, 9.17) is 14.7 Å². The molecule has 0 spiro atoms. The minimum absolute atomic E-state index is 0.0360. The first-order valence-electron chi connectivity index (χ1n) is 10.6. The van der Waals surface area contributed by atoms with Crippen LogP contribution in [0.15, 0.2) is 78.9 Å². The smallest absolute Gasteiger partial charge is 0.341 e. The summed E-state index contributed by atoms with van der Waals surface area (Å²) in [5, 5.41) is 8.87. The molecule has 0 heterocycles. The molecule has 1 atom stereocenters. The molecule has 1 unspecified atom stereocenters. The van der Waals surface area contributed by atoms with E-state index in [0.29, 0.717) is 5.75 Å². The highest BCUT2D eigenvalue weighted by molar-refractivity contribution is 5.76. The Balaban J connectivity index is 1.41. The molecule has 0 saturated heterocycles. The number of carbonyl (C=O) groups excluding carboxylic acids is 1. The molecule has 0 bridgehead atoms. The number of hydroxylamine groups is 1. The van der Waals surface area contributed by atoms with Crippen LogP contribution in [0.4, 0.5) is 0 Å². The van der Waals surface area contributed by atoms with E-state index >= 15 is 0 Å². The molecular formula is C26H25NO5. The first-order chi connectivity index (χ1) is 15.6. The Bertz CT molecular complexity index is 1030. The van der Waals surface area contributed by atoms with Crippen molar-refractivity contribution in [1.29, 1.82) is 0 Å². The van der Waals surface area contributed by atoms with Gasteiger partial charge in [-0.3, -0.25) is 9.63 Å². The van der Waals surface area contributed by atoms with E-state index in [1.54, 1.807) is 6.07 Å². The minimum atomic E-state index is -1.01. The number of benzene rings is 3. The van der Waals surface area contributed by atoms with Gasteiger partial charge in [0, 0.05) is 6.42 Å². The van der Waals surface area contributed by atoms with E-state index in [1.807, 2.05) is 72.8 Å². The fourth-order valence-electron chi connectivity index (χ4n) is 4.17. The number of carboxylic acids is 1. The molecule has 0 aliphatic heterocycles. The zero-order valence-electron chi connectivity index (χ0n) is 17.6. The summed E-state index contributed by atoms with van der Waals surface area (Å²) in [4.78, 5) is 29.4. The Hall–Kier alpha value is -3.64. The van der Waals surface area contributed by atoms with Gasteiger partial charge in [0.25, 0.3) is 0 Å². The molecule has 0 aromatic heterocycles. The maximum atomic E-state index is 12.7. The summed E-state index contributed by atoms with van der Waals surface area (Å²) in [5.74, 6) is -0.595. The molecule has 1 aliphatic carbocycles. The van der Waals surface area contributed by atoms with Gasteiger partial charge in [-0.2, -0.15) is 0 Å². The molecular weight excluding hydrogens is 406 g/mol. The Morgan fingerprint density at radius 1 is 0.938 bits per heavy atom. The monoisotopic (exact) mass is 431 g/mol. The molecule has 164 valence electrons. The quantitative estimate of drug-likeness (QED) is 0.491. The van der Waals surface area contributed by atoms with E-state index in [0.717, 1.165) is 35.1 Å². The second-order valence-corrected chi connectivity index (χ2v) is 7.79. The highest BCUT2D eigenvalue weighted by atomic mass is 16.7. The van der Waals surface area contributed by atoms with Crippen molar-refractivity contribution in [3.8, 4) is 5.75 Å². The van der Waals surface area contributed by atoms with Crippen molar-refractivity contribution in [3.05, 3.63) is 101 Å². The predicted molar refractivity (Wildman–Crippen MR) is 119 cm³/mol. The summed E-state index contributed by atoms with van der Waals surface area (Å²) < 4.78 is 5.42. The first kappa shape index (κ1) is 21.6. The second-order valence-electron chi connectivity index (χ2n) is 7.79.